The zero-order chi connectivity index (χ0) is 23.4. The van der Waals surface area contributed by atoms with Crippen LogP contribution in [0.25, 0.3) is 10.8 Å². The predicted molar refractivity (Wildman–Crippen MR) is 126 cm³/mol. The molecule has 0 saturated heterocycles. The van der Waals surface area contributed by atoms with Crippen LogP contribution in [0.4, 0.5) is 5.69 Å². The van der Waals surface area contributed by atoms with Crippen molar-refractivity contribution in [1.29, 1.82) is 0 Å². The molecule has 1 amide bonds. The maximum absolute atomic E-state index is 13.1. The van der Waals surface area contributed by atoms with E-state index >= 15 is 0 Å². The van der Waals surface area contributed by atoms with Gasteiger partial charge in [-0.15, -0.1) is 0 Å². The third-order valence-electron chi connectivity index (χ3n) is 5.47. The second-order valence-corrected chi connectivity index (χ2v) is 7.48. The van der Waals surface area contributed by atoms with E-state index in [1.807, 2.05) is 24.3 Å². The minimum atomic E-state index is -0.312. The average Bonchev–Trinajstić information content (AvgIpc) is 2.86. The van der Waals surface area contributed by atoms with E-state index in [1.54, 1.807) is 56.9 Å². The van der Waals surface area contributed by atoms with Gasteiger partial charge >= 0.3 is 0 Å². The van der Waals surface area contributed by atoms with Gasteiger partial charge in [0.05, 0.1) is 31.0 Å². The molecule has 8 nitrogen and oxygen atoms in total. The lowest BCUT2D eigenvalue weighted by molar-refractivity contribution is -0.119. The third-order valence-corrected chi connectivity index (χ3v) is 5.47. The van der Waals surface area contributed by atoms with E-state index in [9.17, 15) is 9.59 Å². The second kappa shape index (κ2) is 9.52. The Bertz CT molecular complexity index is 1350. The summed E-state index contributed by atoms with van der Waals surface area (Å²) in [7, 11) is 4.72. The SMILES string of the molecule is COc1ccc(N(C)C(=O)Cn2nc(Cc3ccncc3)c3ccccc3c2=O)c(OC)c1. The Labute approximate surface area is 191 Å². The van der Waals surface area contributed by atoms with Crippen LogP contribution in [-0.2, 0) is 17.8 Å². The van der Waals surface area contributed by atoms with E-state index in [0.717, 1.165) is 10.9 Å². The fourth-order valence-corrected chi connectivity index (χ4v) is 3.67. The molecule has 0 aliphatic rings. The molecule has 0 unspecified atom stereocenters. The van der Waals surface area contributed by atoms with Gasteiger partial charge in [0.1, 0.15) is 18.0 Å². The second-order valence-electron chi connectivity index (χ2n) is 7.48. The van der Waals surface area contributed by atoms with Crippen LogP contribution in [0.5, 0.6) is 11.5 Å². The number of carbonyl (C=O) groups excluding carboxylic acids is 1. The van der Waals surface area contributed by atoms with Crippen LogP contribution in [0.2, 0.25) is 0 Å². The summed E-state index contributed by atoms with van der Waals surface area (Å²) in [5, 5.41) is 5.86. The number of rotatable bonds is 7. The normalized spacial score (nSPS) is 10.8. The molecule has 4 rings (SSSR count). The predicted octanol–water partition coefficient (Wildman–Crippen LogP) is 3.06. The van der Waals surface area contributed by atoms with Gasteiger partial charge in [0.25, 0.3) is 5.56 Å². The van der Waals surface area contributed by atoms with Gasteiger partial charge in [0.2, 0.25) is 5.91 Å². The molecule has 0 spiro atoms. The van der Waals surface area contributed by atoms with Crippen molar-refractivity contribution in [2.24, 2.45) is 0 Å². The molecule has 4 aromatic rings. The van der Waals surface area contributed by atoms with Crippen molar-refractivity contribution in [3.8, 4) is 11.5 Å². The van der Waals surface area contributed by atoms with Crippen molar-refractivity contribution >= 4 is 22.4 Å². The minimum absolute atomic E-state index is 0.210. The van der Waals surface area contributed by atoms with Crippen LogP contribution in [0, 0.1) is 0 Å². The van der Waals surface area contributed by atoms with Gasteiger partial charge in [-0.2, -0.15) is 5.10 Å². The first-order valence-electron chi connectivity index (χ1n) is 10.4. The maximum atomic E-state index is 13.1. The lowest BCUT2D eigenvalue weighted by atomic mass is 10.1. The Balaban J connectivity index is 1.69. The summed E-state index contributed by atoms with van der Waals surface area (Å²) >= 11 is 0. The summed E-state index contributed by atoms with van der Waals surface area (Å²) in [6.45, 7) is -0.210. The molecule has 0 radical (unpaired) electrons. The Morgan fingerprint density at radius 2 is 1.73 bits per heavy atom. The van der Waals surface area contributed by atoms with Crippen molar-refractivity contribution < 1.29 is 14.3 Å². The Morgan fingerprint density at radius 1 is 1.00 bits per heavy atom. The number of fused-ring (bicyclic) bond motifs is 1. The van der Waals surface area contributed by atoms with E-state index < -0.39 is 0 Å². The number of amides is 1. The first-order chi connectivity index (χ1) is 16.0. The number of carbonyl (C=O) groups is 1. The van der Waals surface area contributed by atoms with Crippen molar-refractivity contribution in [2.75, 3.05) is 26.2 Å². The van der Waals surface area contributed by atoms with Gasteiger partial charge in [0, 0.05) is 37.3 Å². The summed E-state index contributed by atoms with van der Waals surface area (Å²) in [5.74, 6) is 0.797. The highest BCUT2D eigenvalue weighted by Gasteiger charge is 2.19. The van der Waals surface area contributed by atoms with E-state index in [1.165, 1.54) is 16.7 Å². The highest BCUT2D eigenvalue weighted by atomic mass is 16.5. The minimum Gasteiger partial charge on any atom is -0.497 e. The highest BCUT2D eigenvalue weighted by Crippen LogP contribution is 2.31. The van der Waals surface area contributed by atoms with E-state index in [2.05, 4.69) is 10.1 Å². The number of hydrogen-bond donors (Lipinski definition) is 0. The fraction of sp³-hybridized carbons (Fsp3) is 0.200. The number of likely N-dealkylation sites (N-methyl/N-ethyl adjacent to an activating group) is 1. The first-order valence-corrected chi connectivity index (χ1v) is 10.4. The van der Waals surface area contributed by atoms with E-state index in [4.69, 9.17) is 9.47 Å². The summed E-state index contributed by atoms with van der Waals surface area (Å²) in [6.07, 6.45) is 3.95. The van der Waals surface area contributed by atoms with Crippen LogP contribution in [0.1, 0.15) is 11.3 Å². The van der Waals surface area contributed by atoms with Gasteiger partial charge in [-0.05, 0) is 35.9 Å². The summed E-state index contributed by atoms with van der Waals surface area (Å²) in [6, 6.07) is 16.3. The van der Waals surface area contributed by atoms with Gasteiger partial charge in [0.15, 0.2) is 0 Å². The Kier molecular flexibility index (Phi) is 6.35. The molecule has 2 aromatic carbocycles. The average molecular weight is 444 g/mol. The summed E-state index contributed by atoms with van der Waals surface area (Å²) in [4.78, 5) is 31.7. The molecule has 2 heterocycles. The number of hydrogen-bond acceptors (Lipinski definition) is 6. The highest BCUT2D eigenvalue weighted by molar-refractivity contribution is 5.94. The van der Waals surface area contributed by atoms with Crippen molar-refractivity contribution in [2.45, 2.75) is 13.0 Å². The van der Waals surface area contributed by atoms with Crippen LogP contribution in [0.15, 0.2) is 71.8 Å². The van der Waals surface area contributed by atoms with Gasteiger partial charge in [-0.3, -0.25) is 14.6 Å². The molecule has 0 atom stereocenters. The molecular weight excluding hydrogens is 420 g/mol. The lowest BCUT2D eigenvalue weighted by Crippen LogP contribution is -2.35. The van der Waals surface area contributed by atoms with Gasteiger partial charge in [-0.1, -0.05) is 18.2 Å². The van der Waals surface area contributed by atoms with Gasteiger partial charge < -0.3 is 14.4 Å². The number of benzene rings is 2. The maximum Gasteiger partial charge on any atom is 0.275 e. The molecule has 0 N–H and O–H groups in total. The molecule has 0 aliphatic heterocycles. The first kappa shape index (κ1) is 22.0. The van der Waals surface area contributed by atoms with Crippen LogP contribution in [-0.4, -0.2) is 41.9 Å². The number of aromatic nitrogens is 3. The number of pyridine rings is 1. The molecule has 2 aromatic heterocycles. The molecular formula is C25H24N4O4. The molecule has 168 valence electrons. The zero-order valence-electron chi connectivity index (χ0n) is 18.7. The number of anilines is 1. The molecule has 33 heavy (non-hydrogen) atoms. The summed E-state index contributed by atoms with van der Waals surface area (Å²) in [5.41, 5.74) is 1.98. The monoisotopic (exact) mass is 444 g/mol. The standard InChI is InChI=1S/C25H24N4O4/c1-28(22-9-8-18(32-2)15-23(22)33-3)24(30)16-29-25(31)20-7-5-4-6-19(20)21(27-29)14-17-10-12-26-13-11-17/h4-13,15H,14,16H2,1-3H3. The van der Waals surface area contributed by atoms with Crippen LogP contribution < -0.4 is 19.9 Å². The van der Waals surface area contributed by atoms with Gasteiger partial charge in [-0.25, -0.2) is 4.68 Å². The molecule has 0 bridgehead atoms. The fourth-order valence-electron chi connectivity index (χ4n) is 3.67. The number of methoxy groups -OCH3 is 2. The molecule has 0 fully saturated rings. The van der Waals surface area contributed by atoms with Crippen LogP contribution in [0.3, 0.4) is 0 Å². The quantitative estimate of drug-likeness (QED) is 0.436. The smallest absolute Gasteiger partial charge is 0.275 e. The molecule has 0 aliphatic carbocycles. The van der Waals surface area contributed by atoms with Crippen molar-refractivity contribution in [1.82, 2.24) is 14.8 Å². The van der Waals surface area contributed by atoms with Crippen LogP contribution >= 0.6 is 0 Å². The van der Waals surface area contributed by atoms with Crippen molar-refractivity contribution in [3.05, 3.63) is 88.6 Å². The number of nitrogens with zero attached hydrogens (tertiary/aromatic N) is 4. The number of ether oxygens (including phenoxy) is 2. The topological polar surface area (TPSA) is 86.5 Å². The van der Waals surface area contributed by atoms with E-state index in [0.29, 0.717) is 34.7 Å². The zero-order valence-corrected chi connectivity index (χ0v) is 18.7. The largest absolute Gasteiger partial charge is 0.497 e. The van der Waals surface area contributed by atoms with E-state index in [-0.39, 0.29) is 18.0 Å². The third kappa shape index (κ3) is 4.55. The molecule has 8 heteroatoms. The summed E-state index contributed by atoms with van der Waals surface area (Å²) < 4.78 is 11.9. The molecule has 0 saturated carbocycles. The van der Waals surface area contributed by atoms with Crippen molar-refractivity contribution in [3.63, 3.8) is 0 Å². The Hall–Kier alpha value is -4.20. The lowest BCUT2D eigenvalue weighted by Gasteiger charge is -2.21. The Morgan fingerprint density at radius 3 is 2.42 bits per heavy atom.